The number of carboxylic acid groups (broad SMARTS) is 2. The number of rotatable bonds is 5. The van der Waals surface area contributed by atoms with E-state index in [1.165, 1.54) is 31.2 Å². The quantitative estimate of drug-likeness (QED) is 0.648. The molecule has 24 heavy (non-hydrogen) atoms. The standard InChI is InChI=1S/C14H20BrNO2.C2H2O4/c1-17-13-7-10(12(15)8-14(13)18-2)9-16-11-5-3-4-6-11;3-1(4)2(5)6/h7-8,11,16H,3-6,9H2,1-2H3;(H,3,4)(H,5,6). The van der Waals surface area contributed by atoms with Gasteiger partial charge < -0.3 is 25.0 Å². The van der Waals surface area contributed by atoms with Crippen LogP contribution >= 0.6 is 15.9 Å². The molecule has 2 rings (SSSR count). The van der Waals surface area contributed by atoms with Crippen LogP contribution < -0.4 is 14.8 Å². The summed E-state index contributed by atoms with van der Waals surface area (Å²) in [4.78, 5) is 18.2. The molecule has 1 aromatic carbocycles. The lowest BCUT2D eigenvalue weighted by molar-refractivity contribution is -0.159. The van der Waals surface area contributed by atoms with E-state index in [4.69, 9.17) is 29.3 Å². The van der Waals surface area contributed by atoms with Gasteiger partial charge in [-0.05, 0) is 30.5 Å². The molecule has 0 radical (unpaired) electrons. The van der Waals surface area contributed by atoms with Gasteiger partial charge in [0.15, 0.2) is 11.5 Å². The first-order valence-corrected chi connectivity index (χ1v) is 8.28. The summed E-state index contributed by atoms with van der Waals surface area (Å²) in [6, 6.07) is 4.67. The molecule has 1 aliphatic carbocycles. The molecular weight excluding hydrogens is 382 g/mol. The van der Waals surface area contributed by atoms with Gasteiger partial charge >= 0.3 is 11.9 Å². The Kier molecular flexibility index (Phi) is 8.56. The maximum atomic E-state index is 9.10. The molecule has 134 valence electrons. The highest BCUT2D eigenvalue weighted by atomic mass is 79.9. The molecule has 0 aliphatic heterocycles. The summed E-state index contributed by atoms with van der Waals surface area (Å²) in [6.07, 6.45) is 5.30. The molecule has 7 nitrogen and oxygen atoms in total. The molecule has 1 aromatic rings. The molecule has 1 fully saturated rings. The molecule has 0 heterocycles. The summed E-state index contributed by atoms with van der Waals surface area (Å²) in [5, 5.41) is 18.4. The fraction of sp³-hybridized carbons (Fsp3) is 0.500. The van der Waals surface area contributed by atoms with Gasteiger partial charge in [0.1, 0.15) is 0 Å². The van der Waals surface area contributed by atoms with Crippen molar-refractivity contribution in [2.24, 2.45) is 0 Å². The van der Waals surface area contributed by atoms with E-state index in [9.17, 15) is 0 Å². The summed E-state index contributed by atoms with van der Waals surface area (Å²) in [6.45, 7) is 0.867. The van der Waals surface area contributed by atoms with Crippen LogP contribution in [-0.4, -0.2) is 42.4 Å². The molecule has 0 aromatic heterocycles. The first kappa shape index (κ1) is 20.2. The van der Waals surface area contributed by atoms with Crippen LogP contribution in [0.25, 0.3) is 0 Å². The van der Waals surface area contributed by atoms with Gasteiger partial charge in [-0.2, -0.15) is 0 Å². The van der Waals surface area contributed by atoms with Crippen molar-refractivity contribution in [3.63, 3.8) is 0 Å². The fourth-order valence-electron chi connectivity index (χ4n) is 2.42. The first-order chi connectivity index (χ1) is 11.4. The number of nitrogens with one attached hydrogen (secondary N) is 1. The first-order valence-electron chi connectivity index (χ1n) is 7.49. The number of benzene rings is 1. The molecule has 0 amide bonds. The smallest absolute Gasteiger partial charge is 0.414 e. The predicted molar refractivity (Wildman–Crippen MR) is 91.6 cm³/mol. The second-order valence-corrected chi connectivity index (χ2v) is 6.13. The topological polar surface area (TPSA) is 105 Å². The zero-order chi connectivity index (χ0) is 18.1. The van der Waals surface area contributed by atoms with Crippen LogP contribution in [0.5, 0.6) is 11.5 Å². The van der Waals surface area contributed by atoms with Crippen LogP contribution in [-0.2, 0) is 16.1 Å². The van der Waals surface area contributed by atoms with Gasteiger partial charge in [0.2, 0.25) is 0 Å². The molecule has 8 heteroatoms. The van der Waals surface area contributed by atoms with E-state index >= 15 is 0 Å². The highest BCUT2D eigenvalue weighted by molar-refractivity contribution is 9.10. The van der Waals surface area contributed by atoms with E-state index in [-0.39, 0.29) is 0 Å². The normalized spacial score (nSPS) is 13.8. The van der Waals surface area contributed by atoms with Crippen molar-refractivity contribution in [2.45, 2.75) is 38.3 Å². The van der Waals surface area contributed by atoms with Crippen molar-refractivity contribution >= 4 is 27.9 Å². The van der Waals surface area contributed by atoms with Gasteiger partial charge in [-0.1, -0.05) is 28.8 Å². The lowest BCUT2D eigenvalue weighted by Crippen LogP contribution is -2.25. The van der Waals surface area contributed by atoms with Crippen molar-refractivity contribution < 1.29 is 29.3 Å². The maximum absolute atomic E-state index is 9.10. The number of ether oxygens (including phenoxy) is 2. The van der Waals surface area contributed by atoms with E-state index in [1.54, 1.807) is 14.2 Å². The summed E-state index contributed by atoms with van der Waals surface area (Å²) in [5.41, 5.74) is 1.21. The van der Waals surface area contributed by atoms with Crippen molar-refractivity contribution in [2.75, 3.05) is 14.2 Å². The molecule has 0 unspecified atom stereocenters. The van der Waals surface area contributed by atoms with E-state index in [1.807, 2.05) is 12.1 Å². The van der Waals surface area contributed by atoms with Crippen molar-refractivity contribution in [1.82, 2.24) is 5.32 Å². The summed E-state index contributed by atoms with van der Waals surface area (Å²) in [7, 11) is 3.32. The minimum Gasteiger partial charge on any atom is -0.493 e. The SMILES string of the molecule is COc1cc(Br)c(CNC2CCCC2)cc1OC.O=C(O)C(=O)O. The van der Waals surface area contributed by atoms with E-state index < -0.39 is 11.9 Å². The molecule has 3 N–H and O–H groups in total. The van der Waals surface area contributed by atoms with Crippen LogP contribution in [0, 0.1) is 0 Å². The van der Waals surface area contributed by atoms with Crippen molar-refractivity contribution in [3.05, 3.63) is 22.2 Å². The molecule has 1 saturated carbocycles. The highest BCUT2D eigenvalue weighted by Gasteiger charge is 2.15. The molecule has 1 aliphatic rings. The Morgan fingerprint density at radius 3 is 2.08 bits per heavy atom. The Balaban J connectivity index is 0.000000413. The Morgan fingerprint density at radius 2 is 1.62 bits per heavy atom. The summed E-state index contributed by atoms with van der Waals surface area (Å²) in [5.74, 6) is -2.11. The fourth-order valence-corrected chi connectivity index (χ4v) is 2.88. The van der Waals surface area contributed by atoms with Gasteiger partial charge in [-0.15, -0.1) is 0 Å². The van der Waals surface area contributed by atoms with E-state index in [0.717, 1.165) is 22.5 Å². The van der Waals surface area contributed by atoms with Gasteiger partial charge in [0.05, 0.1) is 14.2 Å². The number of aliphatic carboxylic acids is 2. The molecule has 0 saturated heterocycles. The van der Waals surface area contributed by atoms with Gasteiger partial charge in [-0.25, -0.2) is 9.59 Å². The summed E-state index contributed by atoms with van der Waals surface area (Å²) < 4.78 is 11.7. The lowest BCUT2D eigenvalue weighted by Gasteiger charge is -2.15. The number of carboxylic acids is 2. The predicted octanol–water partition coefficient (Wildman–Crippen LogP) is 2.65. The largest absolute Gasteiger partial charge is 0.493 e. The minimum absolute atomic E-state index is 0.671. The maximum Gasteiger partial charge on any atom is 0.414 e. The lowest BCUT2D eigenvalue weighted by atomic mass is 10.1. The number of hydrogen-bond acceptors (Lipinski definition) is 5. The highest BCUT2D eigenvalue weighted by Crippen LogP contribution is 2.33. The Bertz CT molecular complexity index is 560. The third-order valence-electron chi connectivity index (χ3n) is 3.67. The minimum atomic E-state index is -1.82. The van der Waals surface area contributed by atoms with Crippen LogP contribution in [0.15, 0.2) is 16.6 Å². The zero-order valence-corrected chi connectivity index (χ0v) is 15.3. The number of hydrogen-bond donors (Lipinski definition) is 3. The van der Waals surface area contributed by atoms with E-state index in [2.05, 4.69) is 21.2 Å². The third-order valence-corrected chi connectivity index (χ3v) is 4.41. The van der Waals surface area contributed by atoms with Crippen molar-refractivity contribution in [1.29, 1.82) is 0 Å². The van der Waals surface area contributed by atoms with Crippen LogP contribution in [0.2, 0.25) is 0 Å². The molecule has 0 spiro atoms. The van der Waals surface area contributed by atoms with E-state index in [0.29, 0.717) is 6.04 Å². The number of methoxy groups -OCH3 is 2. The average Bonchev–Trinajstić information content (AvgIpc) is 3.07. The van der Waals surface area contributed by atoms with Crippen LogP contribution in [0.3, 0.4) is 0 Å². The van der Waals surface area contributed by atoms with Gasteiger partial charge in [-0.3, -0.25) is 0 Å². The Morgan fingerprint density at radius 1 is 1.12 bits per heavy atom. The Labute approximate surface area is 149 Å². The second-order valence-electron chi connectivity index (χ2n) is 5.27. The summed E-state index contributed by atoms with van der Waals surface area (Å²) >= 11 is 3.59. The molecular formula is C16H22BrNO6. The molecule has 0 bridgehead atoms. The van der Waals surface area contributed by atoms with Crippen molar-refractivity contribution in [3.8, 4) is 11.5 Å². The number of carbonyl (C=O) groups is 2. The monoisotopic (exact) mass is 403 g/mol. The van der Waals surface area contributed by atoms with Crippen LogP contribution in [0.4, 0.5) is 0 Å². The Hall–Kier alpha value is -1.80. The third kappa shape index (κ3) is 6.37. The van der Waals surface area contributed by atoms with Crippen LogP contribution in [0.1, 0.15) is 31.2 Å². The molecule has 0 atom stereocenters. The zero-order valence-electron chi connectivity index (χ0n) is 13.7. The number of halogens is 1. The van der Waals surface area contributed by atoms with Gasteiger partial charge in [0, 0.05) is 17.1 Å². The van der Waals surface area contributed by atoms with Gasteiger partial charge in [0.25, 0.3) is 0 Å². The second kappa shape index (κ2) is 10.1. The average molecular weight is 404 g/mol.